The molecule has 0 fully saturated rings. The van der Waals surface area contributed by atoms with Gasteiger partial charge in [-0.05, 0) is 35.0 Å². The summed E-state index contributed by atoms with van der Waals surface area (Å²) in [6.07, 6.45) is 0. The first kappa shape index (κ1) is 13.0. The lowest BCUT2D eigenvalue weighted by molar-refractivity contribution is 0.438. The second kappa shape index (κ2) is 5.44. The van der Waals surface area contributed by atoms with Crippen LogP contribution in [-0.4, -0.2) is 17.5 Å². The minimum absolute atomic E-state index is 0.178. The fraction of sp³-hybridized carbons (Fsp3) is 0. The van der Waals surface area contributed by atoms with Crippen LogP contribution in [0.2, 0.25) is 0 Å². The van der Waals surface area contributed by atoms with E-state index in [-0.39, 0.29) is 11.5 Å². The third-order valence-electron chi connectivity index (χ3n) is 2.11. The lowest BCUT2D eigenvalue weighted by Crippen LogP contribution is -1.98. The number of benzene rings is 2. The second-order valence-corrected chi connectivity index (χ2v) is 4.40. The van der Waals surface area contributed by atoms with E-state index in [1.165, 1.54) is 24.3 Å². The van der Waals surface area contributed by atoms with Gasteiger partial charge in [-0.1, -0.05) is 12.1 Å². The number of fused-ring (bicyclic) bond motifs is 1. The van der Waals surface area contributed by atoms with E-state index in [1.807, 2.05) is 0 Å². The van der Waals surface area contributed by atoms with Crippen LogP contribution < -0.4 is 8.37 Å². The van der Waals surface area contributed by atoms with Gasteiger partial charge in [0, 0.05) is 0 Å². The second-order valence-electron chi connectivity index (χ2n) is 3.25. The predicted molar refractivity (Wildman–Crippen MR) is 63.0 cm³/mol. The van der Waals surface area contributed by atoms with Crippen LogP contribution in [-0.2, 0) is 22.7 Å². The van der Waals surface area contributed by atoms with Gasteiger partial charge >= 0.3 is 0 Å². The molecule has 0 radical (unpaired) electrons. The fourth-order valence-corrected chi connectivity index (χ4v) is 1.98. The first-order valence-corrected chi connectivity index (χ1v) is 6.63. The molecule has 0 aliphatic heterocycles. The Hall–Kier alpha value is -1.48. The molecule has 0 heterocycles. The van der Waals surface area contributed by atoms with Crippen LogP contribution in [0.1, 0.15) is 0 Å². The van der Waals surface area contributed by atoms with E-state index in [4.69, 9.17) is 0 Å². The maximum absolute atomic E-state index is 10.4. The first-order valence-electron chi connectivity index (χ1n) is 4.63. The molecule has 2 aromatic rings. The number of hydrogen-bond donors (Lipinski definition) is 0. The minimum Gasteiger partial charge on any atom is -0.740 e. The third-order valence-corrected chi connectivity index (χ3v) is 2.77. The summed E-state index contributed by atoms with van der Waals surface area (Å²) in [4.78, 5) is 0. The van der Waals surface area contributed by atoms with Crippen molar-refractivity contribution in [2.45, 2.75) is 0 Å². The molecular formula is C10H6O6S2-2. The van der Waals surface area contributed by atoms with E-state index in [0.29, 0.717) is 10.8 Å². The van der Waals surface area contributed by atoms with Crippen molar-refractivity contribution in [1.29, 1.82) is 0 Å². The Labute approximate surface area is 108 Å². The maximum Gasteiger partial charge on any atom is 0.139 e. The Morgan fingerprint density at radius 3 is 1.50 bits per heavy atom. The van der Waals surface area contributed by atoms with Crippen LogP contribution >= 0.6 is 0 Å². The molecule has 0 N–H and O–H groups in total. The molecule has 0 aliphatic carbocycles. The Morgan fingerprint density at radius 1 is 0.778 bits per heavy atom. The SMILES string of the molecule is O=S([O-])Oc1ccc2cc(OS(=O)[O-])ccc2c1. The summed E-state index contributed by atoms with van der Waals surface area (Å²) >= 11 is -5.26. The molecule has 0 bridgehead atoms. The molecule has 2 aromatic carbocycles. The van der Waals surface area contributed by atoms with Crippen molar-refractivity contribution >= 4 is 33.5 Å². The highest BCUT2D eigenvalue weighted by atomic mass is 32.2. The zero-order valence-corrected chi connectivity index (χ0v) is 10.4. The summed E-state index contributed by atoms with van der Waals surface area (Å²) in [5.74, 6) is 0.355. The minimum atomic E-state index is -2.63. The number of rotatable bonds is 4. The summed E-state index contributed by atoms with van der Waals surface area (Å²) in [6.45, 7) is 0. The molecule has 0 spiro atoms. The summed E-state index contributed by atoms with van der Waals surface area (Å²) in [5.41, 5.74) is 0. The highest BCUT2D eigenvalue weighted by Crippen LogP contribution is 2.25. The lowest BCUT2D eigenvalue weighted by Gasteiger charge is -2.10. The van der Waals surface area contributed by atoms with Crippen LogP contribution in [0.3, 0.4) is 0 Å². The zero-order chi connectivity index (χ0) is 13.1. The first-order chi connectivity index (χ1) is 8.54. The van der Waals surface area contributed by atoms with Gasteiger partial charge in [0.05, 0.1) is 0 Å². The molecule has 96 valence electrons. The molecule has 2 atom stereocenters. The van der Waals surface area contributed by atoms with Crippen LogP contribution in [0.5, 0.6) is 11.5 Å². The zero-order valence-electron chi connectivity index (χ0n) is 8.73. The van der Waals surface area contributed by atoms with Crippen LogP contribution in [0.15, 0.2) is 36.4 Å². The van der Waals surface area contributed by atoms with Crippen molar-refractivity contribution in [2.24, 2.45) is 0 Å². The van der Waals surface area contributed by atoms with Gasteiger partial charge in [-0.25, -0.2) is 8.42 Å². The van der Waals surface area contributed by atoms with Crippen molar-refractivity contribution in [2.75, 3.05) is 0 Å². The summed E-state index contributed by atoms with van der Waals surface area (Å²) in [5, 5.41) is 1.39. The highest BCUT2D eigenvalue weighted by molar-refractivity contribution is 7.74. The average Bonchev–Trinajstić information content (AvgIpc) is 2.27. The Morgan fingerprint density at radius 2 is 1.17 bits per heavy atom. The average molecular weight is 286 g/mol. The van der Waals surface area contributed by atoms with Gasteiger partial charge in [-0.3, -0.25) is 0 Å². The van der Waals surface area contributed by atoms with E-state index in [2.05, 4.69) is 8.37 Å². The molecule has 8 heteroatoms. The molecule has 18 heavy (non-hydrogen) atoms. The van der Waals surface area contributed by atoms with Crippen LogP contribution in [0.4, 0.5) is 0 Å². The predicted octanol–water partition coefficient (Wildman–Crippen LogP) is 1.19. The Balaban J connectivity index is 2.35. The fourth-order valence-electron chi connectivity index (χ4n) is 1.46. The molecule has 0 saturated carbocycles. The molecule has 0 aliphatic rings. The van der Waals surface area contributed by atoms with Crippen molar-refractivity contribution < 1.29 is 25.9 Å². The van der Waals surface area contributed by atoms with Gasteiger partial charge in [-0.15, -0.1) is 0 Å². The van der Waals surface area contributed by atoms with Crippen molar-refractivity contribution in [3.63, 3.8) is 0 Å². The quantitative estimate of drug-likeness (QED) is 0.783. The molecule has 2 rings (SSSR count). The summed E-state index contributed by atoms with van der Waals surface area (Å²) < 4.78 is 50.5. The van der Waals surface area contributed by atoms with Crippen molar-refractivity contribution in [3.05, 3.63) is 36.4 Å². The van der Waals surface area contributed by atoms with E-state index < -0.39 is 22.7 Å². The van der Waals surface area contributed by atoms with Gasteiger partial charge in [0.15, 0.2) is 0 Å². The van der Waals surface area contributed by atoms with Crippen molar-refractivity contribution in [3.8, 4) is 11.5 Å². The Bertz CT molecular complexity index is 572. The van der Waals surface area contributed by atoms with Gasteiger partial charge in [0.25, 0.3) is 0 Å². The molecule has 0 amide bonds. The molecule has 2 unspecified atom stereocenters. The van der Waals surface area contributed by atoms with Crippen molar-refractivity contribution in [1.82, 2.24) is 0 Å². The van der Waals surface area contributed by atoms with Crippen LogP contribution in [0.25, 0.3) is 10.8 Å². The summed E-state index contributed by atoms with van der Waals surface area (Å²) in [7, 11) is 0. The van der Waals surface area contributed by atoms with Gasteiger partial charge in [0.2, 0.25) is 0 Å². The molecule has 0 saturated heterocycles. The van der Waals surface area contributed by atoms with E-state index in [0.717, 1.165) is 0 Å². The normalized spacial score (nSPS) is 14.1. The standard InChI is InChI=1S/C10H8O6S2/c11-17(12)15-9-3-1-7-5-10(16-18(13)14)4-2-8(7)6-9/h1-6H,(H,11,12)(H,13,14)/p-2. The maximum atomic E-state index is 10.4. The Kier molecular flexibility index (Phi) is 3.92. The molecule has 0 aromatic heterocycles. The van der Waals surface area contributed by atoms with E-state index in [1.54, 1.807) is 12.1 Å². The topological polar surface area (TPSA) is 98.7 Å². The van der Waals surface area contributed by atoms with Gasteiger partial charge < -0.3 is 17.5 Å². The largest absolute Gasteiger partial charge is 0.740 e. The number of hydrogen-bond acceptors (Lipinski definition) is 6. The summed E-state index contributed by atoms with van der Waals surface area (Å²) in [6, 6.07) is 9.13. The monoisotopic (exact) mass is 286 g/mol. The third kappa shape index (κ3) is 3.26. The molecular weight excluding hydrogens is 280 g/mol. The van der Waals surface area contributed by atoms with Gasteiger partial charge in [-0.2, -0.15) is 0 Å². The lowest BCUT2D eigenvalue weighted by atomic mass is 10.1. The van der Waals surface area contributed by atoms with E-state index in [9.17, 15) is 17.5 Å². The highest BCUT2D eigenvalue weighted by Gasteiger charge is 2.01. The smallest absolute Gasteiger partial charge is 0.139 e. The van der Waals surface area contributed by atoms with E-state index >= 15 is 0 Å². The van der Waals surface area contributed by atoms with Gasteiger partial charge in [0.1, 0.15) is 34.2 Å². The van der Waals surface area contributed by atoms with Crippen LogP contribution in [0, 0.1) is 0 Å². The molecule has 6 nitrogen and oxygen atoms in total.